The number of anilines is 1. The maximum Gasteiger partial charge on any atom is 0.238 e. The molecular weight excluding hydrogens is 374 g/mol. The quantitative estimate of drug-likeness (QED) is 0.727. The fourth-order valence-corrected chi connectivity index (χ4v) is 4.94. The van der Waals surface area contributed by atoms with Gasteiger partial charge in [-0.1, -0.05) is 12.1 Å². The molecule has 1 N–H and O–H groups in total. The Morgan fingerprint density at radius 2 is 2.11 bits per heavy atom. The van der Waals surface area contributed by atoms with Crippen LogP contribution in [-0.4, -0.2) is 42.2 Å². The van der Waals surface area contributed by atoms with Gasteiger partial charge in [0, 0.05) is 24.2 Å². The molecule has 2 aromatic carbocycles. The molecular formula is C21H21N3O3S. The lowest BCUT2D eigenvalue weighted by molar-refractivity contribution is -0.117. The van der Waals surface area contributed by atoms with Gasteiger partial charge in [0.1, 0.15) is 0 Å². The van der Waals surface area contributed by atoms with Crippen LogP contribution < -0.4 is 14.8 Å². The summed E-state index contributed by atoms with van der Waals surface area (Å²) in [6, 6.07) is 13.7. The Morgan fingerprint density at radius 3 is 3.04 bits per heavy atom. The number of carbonyl (C=O) groups is 1. The summed E-state index contributed by atoms with van der Waals surface area (Å²) in [5.74, 6) is 1.77. The van der Waals surface area contributed by atoms with Crippen LogP contribution in [-0.2, 0) is 4.79 Å². The maximum atomic E-state index is 12.5. The normalized spacial score (nSPS) is 19.1. The number of nitrogens with one attached hydrogen (secondary N) is 1. The number of thiazole rings is 1. The van der Waals surface area contributed by atoms with E-state index in [4.69, 9.17) is 14.5 Å². The summed E-state index contributed by atoms with van der Waals surface area (Å²) in [5, 5.41) is 4.15. The Bertz CT molecular complexity index is 986. The second-order valence-electron chi connectivity index (χ2n) is 7.21. The van der Waals surface area contributed by atoms with Crippen LogP contribution in [0.2, 0.25) is 0 Å². The van der Waals surface area contributed by atoms with Gasteiger partial charge in [0.15, 0.2) is 11.5 Å². The zero-order valence-corrected chi connectivity index (χ0v) is 16.2. The van der Waals surface area contributed by atoms with Gasteiger partial charge in [0.25, 0.3) is 0 Å². The number of ether oxygens (including phenoxy) is 2. The predicted octanol–water partition coefficient (Wildman–Crippen LogP) is 3.84. The van der Waals surface area contributed by atoms with Crippen molar-refractivity contribution in [3.63, 3.8) is 0 Å². The summed E-state index contributed by atoms with van der Waals surface area (Å²) >= 11 is 1.77. The van der Waals surface area contributed by atoms with E-state index < -0.39 is 0 Å². The summed E-state index contributed by atoms with van der Waals surface area (Å²) in [4.78, 5) is 19.6. The third-order valence-electron chi connectivity index (χ3n) is 5.19. The fraction of sp³-hybridized carbons (Fsp3) is 0.333. The molecule has 1 amide bonds. The molecule has 3 heterocycles. The van der Waals surface area contributed by atoms with Gasteiger partial charge in [-0.3, -0.25) is 9.69 Å². The molecule has 0 unspecified atom stereocenters. The van der Waals surface area contributed by atoms with Crippen LogP contribution in [0.5, 0.6) is 11.5 Å². The molecule has 0 aliphatic carbocycles. The van der Waals surface area contributed by atoms with E-state index >= 15 is 0 Å². The molecule has 0 spiro atoms. The van der Waals surface area contributed by atoms with Gasteiger partial charge >= 0.3 is 0 Å². The van der Waals surface area contributed by atoms with Gasteiger partial charge in [0.05, 0.1) is 21.8 Å². The van der Waals surface area contributed by atoms with Gasteiger partial charge in [-0.05, 0) is 43.7 Å². The number of para-hydroxylation sites is 1. The van der Waals surface area contributed by atoms with Crippen LogP contribution >= 0.6 is 11.3 Å². The van der Waals surface area contributed by atoms with Gasteiger partial charge in [-0.25, -0.2) is 4.98 Å². The largest absolute Gasteiger partial charge is 0.454 e. The summed E-state index contributed by atoms with van der Waals surface area (Å²) in [6.07, 6.45) is 2.21. The highest BCUT2D eigenvalue weighted by Gasteiger charge is 2.25. The molecule has 28 heavy (non-hydrogen) atoms. The van der Waals surface area contributed by atoms with Crippen LogP contribution in [0.1, 0.15) is 23.8 Å². The van der Waals surface area contributed by atoms with Crippen molar-refractivity contribution < 1.29 is 14.3 Å². The summed E-state index contributed by atoms with van der Waals surface area (Å²) < 4.78 is 11.9. The van der Waals surface area contributed by atoms with Crippen LogP contribution in [0, 0.1) is 0 Å². The molecule has 1 atom stereocenters. The van der Waals surface area contributed by atoms with Crippen molar-refractivity contribution in [2.45, 2.75) is 18.8 Å². The van der Waals surface area contributed by atoms with Gasteiger partial charge < -0.3 is 14.8 Å². The fourth-order valence-electron chi connectivity index (χ4n) is 3.84. The predicted molar refractivity (Wildman–Crippen MR) is 109 cm³/mol. The number of rotatable bonds is 4. The highest BCUT2D eigenvalue weighted by Crippen LogP contribution is 2.35. The SMILES string of the molecule is O=C(CN1CCC[C@@H](c2nc3ccccc3s2)C1)Nc1ccc2c(c1)OCO2. The van der Waals surface area contributed by atoms with Crippen molar-refractivity contribution in [3.8, 4) is 11.5 Å². The number of benzene rings is 2. The highest BCUT2D eigenvalue weighted by molar-refractivity contribution is 7.18. The minimum atomic E-state index is -0.0104. The van der Waals surface area contributed by atoms with Crippen molar-refractivity contribution >= 4 is 33.1 Å². The molecule has 0 saturated carbocycles. The zero-order chi connectivity index (χ0) is 18.9. The lowest BCUT2D eigenvalue weighted by Gasteiger charge is -2.31. The van der Waals surface area contributed by atoms with E-state index in [9.17, 15) is 4.79 Å². The number of amides is 1. The number of hydrogen-bond acceptors (Lipinski definition) is 6. The Hall–Kier alpha value is -2.64. The Labute approximate surface area is 167 Å². The van der Waals surface area contributed by atoms with E-state index in [1.807, 2.05) is 18.2 Å². The van der Waals surface area contributed by atoms with Crippen molar-refractivity contribution in [3.05, 3.63) is 47.5 Å². The molecule has 2 aliphatic rings. The van der Waals surface area contributed by atoms with E-state index in [1.54, 1.807) is 17.4 Å². The van der Waals surface area contributed by atoms with Gasteiger partial charge in [-0.2, -0.15) is 0 Å². The van der Waals surface area contributed by atoms with Crippen LogP contribution in [0.15, 0.2) is 42.5 Å². The zero-order valence-electron chi connectivity index (χ0n) is 15.4. The third-order valence-corrected chi connectivity index (χ3v) is 6.39. The topological polar surface area (TPSA) is 63.7 Å². The van der Waals surface area contributed by atoms with E-state index in [-0.39, 0.29) is 12.7 Å². The Balaban J connectivity index is 1.22. The van der Waals surface area contributed by atoms with Crippen molar-refractivity contribution in [1.82, 2.24) is 9.88 Å². The molecule has 0 bridgehead atoms. The summed E-state index contributed by atoms with van der Waals surface area (Å²) in [6.45, 7) is 2.42. The Kier molecular flexibility index (Phi) is 4.62. The van der Waals surface area contributed by atoms with E-state index in [0.29, 0.717) is 24.0 Å². The second-order valence-corrected chi connectivity index (χ2v) is 8.27. The summed E-state index contributed by atoms with van der Waals surface area (Å²) in [7, 11) is 0. The molecule has 6 nitrogen and oxygen atoms in total. The average molecular weight is 395 g/mol. The number of nitrogens with zero attached hydrogens (tertiary/aromatic N) is 2. The first-order chi connectivity index (χ1) is 13.7. The number of fused-ring (bicyclic) bond motifs is 2. The third kappa shape index (κ3) is 3.55. The first kappa shape index (κ1) is 17.5. The monoisotopic (exact) mass is 395 g/mol. The van der Waals surface area contributed by atoms with Crippen molar-refractivity contribution in [2.24, 2.45) is 0 Å². The molecule has 3 aromatic rings. The number of carbonyl (C=O) groups excluding carboxylic acids is 1. The van der Waals surface area contributed by atoms with E-state index in [0.717, 1.165) is 37.1 Å². The standard InChI is InChI=1S/C21H21N3O3S/c25-20(22-15-7-8-17-18(10-15)27-13-26-17)12-24-9-3-4-14(11-24)21-23-16-5-1-2-6-19(16)28-21/h1-2,5-8,10,14H,3-4,9,11-13H2,(H,22,25)/t14-/m1/s1. The second kappa shape index (κ2) is 7.41. The average Bonchev–Trinajstić information content (AvgIpc) is 3.34. The molecule has 144 valence electrons. The Morgan fingerprint density at radius 1 is 1.21 bits per heavy atom. The number of hydrogen-bond donors (Lipinski definition) is 1. The van der Waals surface area contributed by atoms with Crippen LogP contribution in [0.4, 0.5) is 5.69 Å². The molecule has 2 aliphatic heterocycles. The first-order valence-corrected chi connectivity index (χ1v) is 10.3. The van der Waals surface area contributed by atoms with Crippen molar-refractivity contribution in [2.75, 3.05) is 31.7 Å². The smallest absolute Gasteiger partial charge is 0.238 e. The lowest BCUT2D eigenvalue weighted by atomic mass is 9.99. The van der Waals surface area contributed by atoms with Crippen molar-refractivity contribution in [1.29, 1.82) is 0 Å². The summed E-state index contributed by atoms with van der Waals surface area (Å²) in [5.41, 5.74) is 1.80. The number of aromatic nitrogens is 1. The van der Waals surface area contributed by atoms with E-state index in [2.05, 4.69) is 28.4 Å². The minimum absolute atomic E-state index is 0.0104. The van der Waals surface area contributed by atoms with Gasteiger partial charge in [-0.15, -0.1) is 11.3 Å². The first-order valence-electron chi connectivity index (χ1n) is 9.52. The molecule has 1 saturated heterocycles. The minimum Gasteiger partial charge on any atom is -0.454 e. The molecule has 5 rings (SSSR count). The van der Waals surface area contributed by atoms with Crippen LogP contribution in [0.25, 0.3) is 10.2 Å². The molecule has 0 radical (unpaired) electrons. The maximum absolute atomic E-state index is 12.5. The molecule has 1 aromatic heterocycles. The molecule has 1 fully saturated rings. The lowest BCUT2D eigenvalue weighted by Crippen LogP contribution is -2.39. The molecule has 7 heteroatoms. The number of likely N-dealkylation sites (tertiary alicyclic amines) is 1. The van der Waals surface area contributed by atoms with E-state index in [1.165, 1.54) is 9.71 Å². The van der Waals surface area contributed by atoms with Gasteiger partial charge in [0.2, 0.25) is 12.7 Å². The number of piperidine rings is 1. The van der Waals surface area contributed by atoms with Crippen LogP contribution in [0.3, 0.4) is 0 Å². The highest BCUT2D eigenvalue weighted by atomic mass is 32.1.